The number of aliphatic hydroxyl groups is 1. The number of hydrogen-bond donors (Lipinski definition) is 2. The van der Waals surface area contributed by atoms with Crippen LogP contribution in [0.3, 0.4) is 0 Å². The van der Waals surface area contributed by atoms with E-state index in [0.717, 1.165) is 67.2 Å². The van der Waals surface area contributed by atoms with Crippen molar-refractivity contribution in [1.82, 2.24) is 14.8 Å². The fourth-order valence-electron chi connectivity index (χ4n) is 7.51. The molecule has 4 aromatic rings. The van der Waals surface area contributed by atoms with E-state index in [4.69, 9.17) is 34.8 Å². The summed E-state index contributed by atoms with van der Waals surface area (Å²) in [6, 6.07) is 20.5. The Bertz CT molecular complexity index is 1610. The molecule has 2 N–H and O–H groups in total. The number of nitrogens with zero attached hydrogens (tertiary/aromatic N) is 2. The second-order valence-electron chi connectivity index (χ2n) is 12.5. The normalized spacial score (nSPS) is 20.7. The monoisotopic (exact) mass is 651 g/mol. The van der Waals surface area contributed by atoms with Crippen LogP contribution in [-0.2, 0) is 19.5 Å². The Morgan fingerprint density at radius 2 is 1.73 bits per heavy atom. The van der Waals surface area contributed by atoms with Crippen molar-refractivity contribution in [2.45, 2.75) is 83.1 Å². The Labute approximate surface area is 275 Å². The summed E-state index contributed by atoms with van der Waals surface area (Å²) in [6.45, 7) is 4.46. The standard InChI is InChI=1S/C36H40Cl3N3O2/c1-2-25-5-3-6-30-31(36(44)40-21-23-7-14-32(38)33(39)19-23)22-41(35(25)30)15-4-16-42-28-12-13-29(42)18-24(17-28)20-34(43)26-8-10-27(37)11-9-26/h3,5-11,14,19,22,24,28-29,34,43H,2,4,12-13,15-18,20-21H2,1H3,(H,40,44)/t24?,28-,29+,34?. The second-order valence-corrected chi connectivity index (χ2v) is 13.7. The van der Waals surface area contributed by atoms with E-state index in [1.54, 1.807) is 12.1 Å². The van der Waals surface area contributed by atoms with E-state index in [2.05, 4.69) is 33.8 Å². The molecule has 2 aliphatic heterocycles. The number of hydrogen-bond acceptors (Lipinski definition) is 3. The number of benzene rings is 3. The van der Waals surface area contributed by atoms with Crippen molar-refractivity contribution in [2.75, 3.05) is 6.54 Å². The number of fused-ring (bicyclic) bond motifs is 3. The first-order valence-electron chi connectivity index (χ1n) is 15.8. The number of rotatable bonds is 11. The summed E-state index contributed by atoms with van der Waals surface area (Å²) in [7, 11) is 0. The van der Waals surface area contributed by atoms with Gasteiger partial charge in [0.15, 0.2) is 0 Å². The van der Waals surface area contributed by atoms with Crippen molar-refractivity contribution >= 4 is 51.6 Å². The maximum atomic E-state index is 13.4. The lowest BCUT2D eigenvalue weighted by Crippen LogP contribution is -2.43. The highest BCUT2D eigenvalue weighted by Crippen LogP contribution is 2.42. The van der Waals surface area contributed by atoms with Crippen LogP contribution in [0.2, 0.25) is 15.1 Å². The number of halogens is 3. The molecule has 0 spiro atoms. The van der Waals surface area contributed by atoms with Gasteiger partial charge in [-0.05, 0) is 91.8 Å². The molecule has 1 amide bonds. The molecule has 6 rings (SSSR count). The lowest BCUT2D eigenvalue weighted by atomic mass is 9.85. The van der Waals surface area contributed by atoms with Crippen LogP contribution in [0.1, 0.15) is 78.6 Å². The van der Waals surface area contributed by atoms with Crippen LogP contribution >= 0.6 is 34.8 Å². The number of aliphatic hydroxyl groups excluding tert-OH is 1. The van der Waals surface area contributed by atoms with Gasteiger partial charge in [0.1, 0.15) is 0 Å². The molecule has 8 heteroatoms. The van der Waals surface area contributed by atoms with E-state index in [0.29, 0.717) is 45.2 Å². The Hall–Kier alpha value is -2.54. The van der Waals surface area contributed by atoms with Crippen LogP contribution in [0.15, 0.2) is 66.9 Å². The molecular weight excluding hydrogens is 613 g/mol. The molecule has 3 heterocycles. The summed E-state index contributed by atoms with van der Waals surface area (Å²) in [4.78, 5) is 16.1. The van der Waals surface area contributed by atoms with E-state index in [-0.39, 0.29) is 5.91 Å². The Balaban J connectivity index is 1.09. The second kappa shape index (κ2) is 13.8. The van der Waals surface area contributed by atoms with Gasteiger partial charge in [0.05, 0.1) is 27.2 Å². The molecule has 44 heavy (non-hydrogen) atoms. The van der Waals surface area contributed by atoms with E-state index < -0.39 is 6.10 Å². The molecule has 2 bridgehead atoms. The topological polar surface area (TPSA) is 57.5 Å². The molecule has 2 unspecified atom stereocenters. The van der Waals surface area contributed by atoms with Crippen molar-refractivity contribution in [1.29, 1.82) is 0 Å². The number of amides is 1. The van der Waals surface area contributed by atoms with Gasteiger partial charge in [0, 0.05) is 48.3 Å². The SMILES string of the molecule is CCc1cccc2c(C(=O)NCc3ccc(Cl)c(Cl)c3)cn(CCCN3[C@@H]4CC[C@H]3CC(CC(O)c3ccc(Cl)cc3)C4)c12. The quantitative estimate of drug-likeness (QED) is 0.170. The number of aryl methyl sites for hydroxylation is 2. The number of nitrogens with one attached hydrogen (secondary N) is 1. The molecule has 4 atom stereocenters. The highest BCUT2D eigenvalue weighted by atomic mass is 35.5. The zero-order valence-electron chi connectivity index (χ0n) is 25.1. The predicted molar refractivity (Wildman–Crippen MR) is 181 cm³/mol. The first-order valence-corrected chi connectivity index (χ1v) is 17.0. The zero-order valence-corrected chi connectivity index (χ0v) is 27.4. The molecule has 2 saturated heterocycles. The van der Waals surface area contributed by atoms with Crippen LogP contribution in [-0.4, -0.2) is 39.1 Å². The predicted octanol–water partition coefficient (Wildman–Crippen LogP) is 8.85. The summed E-state index contributed by atoms with van der Waals surface area (Å²) >= 11 is 18.3. The number of carbonyl (C=O) groups excluding carboxylic acids is 1. The van der Waals surface area contributed by atoms with Crippen LogP contribution in [0.5, 0.6) is 0 Å². The third-order valence-corrected chi connectivity index (χ3v) is 10.6. The lowest BCUT2D eigenvalue weighted by Gasteiger charge is -2.39. The van der Waals surface area contributed by atoms with E-state index in [1.165, 1.54) is 18.4 Å². The average molecular weight is 653 g/mol. The van der Waals surface area contributed by atoms with Gasteiger partial charge in [0.2, 0.25) is 0 Å². The fourth-order valence-corrected chi connectivity index (χ4v) is 7.96. The first kappa shape index (κ1) is 31.4. The Morgan fingerprint density at radius 3 is 2.43 bits per heavy atom. The molecule has 5 nitrogen and oxygen atoms in total. The highest BCUT2D eigenvalue weighted by molar-refractivity contribution is 6.42. The maximum Gasteiger partial charge on any atom is 0.253 e. The zero-order chi connectivity index (χ0) is 30.8. The Kier molecular flexibility index (Phi) is 9.89. The lowest BCUT2D eigenvalue weighted by molar-refractivity contribution is 0.0667. The minimum absolute atomic E-state index is 0.0889. The van der Waals surface area contributed by atoms with E-state index in [1.807, 2.05) is 42.6 Å². The molecule has 2 fully saturated rings. The molecule has 3 aromatic carbocycles. The van der Waals surface area contributed by atoms with Crippen LogP contribution in [0.4, 0.5) is 0 Å². The van der Waals surface area contributed by atoms with Gasteiger partial charge < -0.3 is 15.0 Å². The number of carbonyl (C=O) groups is 1. The van der Waals surface area contributed by atoms with Crippen molar-refractivity contribution in [3.8, 4) is 0 Å². The molecule has 0 aliphatic carbocycles. The van der Waals surface area contributed by atoms with Gasteiger partial charge >= 0.3 is 0 Å². The number of aromatic nitrogens is 1. The fraction of sp³-hybridized carbons (Fsp3) is 0.417. The van der Waals surface area contributed by atoms with Gasteiger partial charge in [-0.2, -0.15) is 0 Å². The van der Waals surface area contributed by atoms with Crippen molar-refractivity contribution in [3.63, 3.8) is 0 Å². The van der Waals surface area contributed by atoms with Gasteiger partial charge in [-0.15, -0.1) is 0 Å². The van der Waals surface area contributed by atoms with Crippen molar-refractivity contribution in [3.05, 3.63) is 104 Å². The van der Waals surface area contributed by atoms with Crippen LogP contribution in [0, 0.1) is 5.92 Å². The van der Waals surface area contributed by atoms with E-state index in [9.17, 15) is 9.90 Å². The summed E-state index contributed by atoms with van der Waals surface area (Å²) in [5, 5.41) is 16.6. The van der Waals surface area contributed by atoms with Crippen LogP contribution in [0.25, 0.3) is 10.9 Å². The summed E-state index contributed by atoms with van der Waals surface area (Å²) in [5.41, 5.74) is 4.98. The summed E-state index contributed by atoms with van der Waals surface area (Å²) < 4.78 is 2.29. The Morgan fingerprint density at radius 1 is 0.977 bits per heavy atom. The minimum atomic E-state index is -0.437. The molecule has 2 aliphatic rings. The number of para-hydroxylation sites is 1. The molecule has 232 valence electrons. The number of piperidine rings is 1. The van der Waals surface area contributed by atoms with Crippen molar-refractivity contribution < 1.29 is 9.90 Å². The van der Waals surface area contributed by atoms with Crippen LogP contribution < -0.4 is 5.32 Å². The molecular formula is C36H40Cl3N3O2. The van der Waals surface area contributed by atoms with Gasteiger partial charge in [-0.25, -0.2) is 0 Å². The smallest absolute Gasteiger partial charge is 0.253 e. The summed E-state index contributed by atoms with van der Waals surface area (Å²) in [6.07, 6.45) is 9.13. The van der Waals surface area contributed by atoms with Crippen molar-refractivity contribution in [2.24, 2.45) is 5.92 Å². The maximum absolute atomic E-state index is 13.4. The third kappa shape index (κ3) is 6.83. The first-order chi connectivity index (χ1) is 21.3. The molecule has 0 saturated carbocycles. The highest BCUT2D eigenvalue weighted by Gasteiger charge is 2.40. The molecule has 1 aromatic heterocycles. The van der Waals surface area contributed by atoms with Gasteiger partial charge in [-0.1, -0.05) is 78.1 Å². The minimum Gasteiger partial charge on any atom is -0.388 e. The molecule has 0 radical (unpaired) electrons. The average Bonchev–Trinajstić information content (AvgIpc) is 3.51. The van der Waals surface area contributed by atoms with Gasteiger partial charge in [0.25, 0.3) is 5.91 Å². The third-order valence-electron chi connectivity index (χ3n) is 9.65. The summed E-state index contributed by atoms with van der Waals surface area (Å²) in [5.74, 6) is 0.453. The van der Waals surface area contributed by atoms with E-state index >= 15 is 0 Å². The van der Waals surface area contributed by atoms with Gasteiger partial charge in [-0.3, -0.25) is 9.69 Å². The largest absolute Gasteiger partial charge is 0.388 e.